The fraction of sp³-hybridized carbons (Fsp3) is 0.0833. The van der Waals surface area contributed by atoms with Gasteiger partial charge in [-0.05, 0) is 47.7 Å². The van der Waals surface area contributed by atoms with Crippen molar-refractivity contribution in [2.24, 2.45) is 0 Å². The van der Waals surface area contributed by atoms with Crippen LogP contribution in [0, 0.1) is 6.92 Å². The molecular weight excluding hydrogens is 418 g/mol. The Balaban J connectivity index is 1.45. The van der Waals surface area contributed by atoms with Gasteiger partial charge in [0.2, 0.25) is 11.8 Å². The minimum atomic E-state index is -0.483. The first-order chi connectivity index (χ1) is 16.0. The van der Waals surface area contributed by atoms with Crippen molar-refractivity contribution in [2.45, 2.75) is 13.5 Å². The number of hydrogen-bond donors (Lipinski definition) is 3. The molecule has 0 radical (unpaired) electrons. The number of nitrogen functional groups attached to an aromatic ring is 1. The van der Waals surface area contributed by atoms with Gasteiger partial charge in [-0.2, -0.15) is 0 Å². The molecule has 4 heterocycles. The van der Waals surface area contributed by atoms with Crippen LogP contribution in [0.5, 0.6) is 0 Å². The van der Waals surface area contributed by atoms with Crippen LogP contribution < -0.4 is 16.4 Å². The topological polar surface area (TPSA) is 136 Å². The molecular formula is C24H21N7O2. The highest BCUT2D eigenvalue weighted by Gasteiger charge is 2.10. The summed E-state index contributed by atoms with van der Waals surface area (Å²) in [5.41, 5.74) is 9.56. The lowest BCUT2D eigenvalue weighted by molar-refractivity contribution is -0.117. The molecule has 0 bridgehead atoms. The third kappa shape index (κ3) is 5.34. The van der Waals surface area contributed by atoms with Crippen molar-refractivity contribution in [1.82, 2.24) is 25.3 Å². The second-order valence-corrected chi connectivity index (χ2v) is 7.28. The predicted molar refractivity (Wildman–Crippen MR) is 126 cm³/mol. The number of pyridine rings is 4. The maximum Gasteiger partial charge on any atom is 0.249 e. The first-order valence-corrected chi connectivity index (χ1v) is 10.1. The van der Waals surface area contributed by atoms with Crippen LogP contribution in [0.25, 0.3) is 22.0 Å². The van der Waals surface area contributed by atoms with E-state index < -0.39 is 11.8 Å². The van der Waals surface area contributed by atoms with Crippen molar-refractivity contribution < 1.29 is 9.59 Å². The molecule has 0 unspecified atom stereocenters. The molecule has 0 fully saturated rings. The molecule has 0 saturated heterocycles. The van der Waals surface area contributed by atoms with Gasteiger partial charge in [-0.1, -0.05) is 6.07 Å². The molecule has 2 amide bonds. The highest BCUT2D eigenvalue weighted by atomic mass is 16.2. The lowest BCUT2D eigenvalue weighted by atomic mass is 10.1. The smallest absolute Gasteiger partial charge is 0.249 e. The van der Waals surface area contributed by atoms with Crippen molar-refractivity contribution in [3.8, 4) is 11.3 Å². The number of carbonyl (C=O) groups is 2. The van der Waals surface area contributed by atoms with Crippen molar-refractivity contribution in [3.63, 3.8) is 0 Å². The maximum atomic E-state index is 12.3. The molecule has 0 aliphatic carbocycles. The number of anilines is 2. The minimum Gasteiger partial charge on any atom is -0.383 e. The normalized spacial score (nSPS) is 10.9. The van der Waals surface area contributed by atoms with Crippen molar-refractivity contribution in [2.75, 3.05) is 11.1 Å². The monoisotopic (exact) mass is 439 g/mol. The fourth-order valence-corrected chi connectivity index (χ4v) is 3.18. The number of aryl methyl sites for hydroxylation is 1. The molecule has 4 N–H and O–H groups in total. The van der Waals surface area contributed by atoms with E-state index in [9.17, 15) is 9.59 Å². The number of nitrogens with zero attached hydrogens (tertiary/aromatic N) is 4. The van der Waals surface area contributed by atoms with E-state index in [-0.39, 0.29) is 0 Å². The zero-order valence-corrected chi connectivity index (χ0v) is 17.8. The van der Waals surface area contributed by atoms with E-state index in [1.807, 2.05) is 25.1 Å². The van der Waals surface area contributed by atoms with E-state index in [1.54, 1.807) is 43.1 Å². The van der Waals surface area contributed by atoms with Crippen molar-refractivity contribution in [1.29, 1.82) is 0 Å². The Labute approximate surface area is 189 Å². The fourth-order valence-electron chi connectivity index (χ4n) is 3.18. The van der Waals surface area contributed by atoms with Crippen LogP contribution in [-0.2, 0) is 16.1 Å². The standard InChI is InChI=1S/C24H21N7O2/c1-15-6-8-27-13-18(15)20-9-17-10-21(28-14-19(17)24(25)30-20)31-23(33)5-4-22(32)29-12-16-3-2-7-26-11-16/h2-11,13-14H,12H2,1H3,(H2,25,30)(H,29,32)(H,28,31,33)/b5-4+. The molecule has 0 atom stereocenters. The Hall–Kier alpha value is -4.66. The number of carbonyl (C=O) groups excluding carboxylic acids is 2. The number of aromatic nitrogens is 4. The third-order valence-electron chi connectivity index (χ3n) is 4.89. The Morgan fingerprint density at radius 2 is 1.85 bits per heavy atom. The van der Waals surface area contributed by atoms with Crippen molar-refractivity contribution >= 4 is 34.2 Å². The van der Waals surface area contributed by atoms with E-state index in [0.717, 1.165) is 34.2 Å². The molecule has 0 spiro atoms. The van der Waals surface area contributed by atoms with Crippen LogP contribution >= 0.6 is 0 Å². The lowest BCUT2D eigenvalue weighted by Gasteiger charge is -2.09. The zero-order valence-electron chi connectivity index (χ0n) is 17.8. The number of amides is 2. The quantitative estimate of drug-likeness (QED) is 0.393. The molecule has 0 saturated carbocycles. The summed E-state index contributed by atoms with van der Waals surface area (Å²) in [6, 6.07) is 9.10. The van der Waals surface area contributed by atoms with E-state index in [4.69, 9.17) is 5.73 Å². The molecule has 9 nitrogen and oxygen atoms in total. The molecule has 4 aromatic rings. The van der Waals surface area contributed by atoms with Crippen LogP contribution in [0.3, 0.4) is 0 Å². The summed E-state index contributed by atoms with van der Waals surface area (Å²) < 4.78 is 0. The van der Waals surface area contributed by atoms with Gasteiger partial charge in [-0.3, -0.25) is 19.6 Å². The van der Waals surface area contributed by atoms with Crippen molar-refractivity contribution in [3.05, 3.63) is 84.6 Å². The minimum absolute atomic E-state index is 0.319. The summed E-state index contributed by atoms with van der Waals surface area (Å²) >= 11 is 0. The summed E-state index contributed by atoms with van der Waals surface area (Å²) in [5.74, 6) is -0.215. The molecule has 0 aliphatic heterocycles. The lowest BCUT2D eigenvalue weighted by Crippen LogP contribution is -2.21. The van der Waals surface area contributed by atoms with Gasteiger partial charge in [0.25, 0.3) is 0 Å². The van der Waals surface area contributed by atoms with Crippen LogP contribution in [-0.4, -0.2) is 31.8 Å². The number of hydrogen-bond acceptors (Lipinski definition) is 7. The Kier molecular flexibility index (Phi) is 6.31. The van der Waals surface area contributed by atoms with Gasteiger partial charge in [0.1, 0.15) is 11.6 Å². The molecule has 9 heteroatoms. The largest absolute Gasteiger partial charge is 0.383 e. The van der Waals surface area contributed by atoms with E-state index in [0.29, 0.717) is 29.3 Å². The molecule has 0 aliphatic rings. The first kappa shape index (κ1) is 21.6. The Morgan fingerprint density at radius 3 is 2.64 bits per heavy atom. The van der Waals surface area contributed by atoms with Gasteiger partial charge in [0.15, 0.2) is 0 Å². The zero-order chi connectivity index (χ0) is 23.2. The van der Waals surface area contributed by atoms with Crippen LogP contribution in [0.2, 0.25) is 0 Å². The molecule has 4 rings (SSSR count). The molecule has 33 heavy (non-hydrogen) atoms. The van der Waals surface area contributed by atoms with Gasteiger partial charge in [0.05, 0.1) is 5.69 Å². The average Bonchev–Trinajstić information content (AvgIpc) is 2.82. The van der Waals surface area contributed by atoms with E-state index >= 15 is 0 Å². The molecule has 0 aromatic carbocycles. The second kappa shape index (κ2) is 9.65. The van der Waals surface area contributed by atoms with Gasteiger partial charge < -0.3 is 16.4 Å². The predicted octanol–water partition coefficient (Wildman–Crippen LogP) is 2.79. The molecule has 164 valence electrons. The maximum absolute atomic E-state index is 12.3. The average molecular weight is 439 g/mol. The Bertz CT molecular complexity index is 1350. The summed E-state index contributed by atoms with van der Waals surface area (Å²) in [6.07, 6.45) is 10.6. The number of nitrogens with one attached hydrogen (secondary N) is 2. The second-order valence-electron chi connectivity index (χ2n) is 7.28. The van der Waals surface area contributed by atoms with Crippen LogP contribution in [0.1, 0.15) is 11.1 Å². The van der Waals surface area contributed by atoms with E-state index in [2.05, 4.69) is 30.6 Å². The van der Waals surface area contributed by atoms with Crippen LogP contribution in [0.4, 0.5) is 11.6 Å². The summed E-state index contributed by atoms with van der Waals surface area (Å²) in [4.78, 5) is 41.0. The van der Waals surface area contributed by atoms with Gasteiger partial charge in [-0.15, -0.1) is 0 Å². The third-order valence-corrected chi connectivity index (χ3v) is 4.89. The number of rotatable bonds is 6. The Morgan fingerprint density at radius 1 is 1.03 bits per heavy atom. The summed E-state index contributed by atoms with van der Waals surface area (Å²) in [6.45, 7) is 2.29. The number of fused-ring (bicyclic) bond motifs is 1. The van der Waals surface area contributed by atoms with Gasteiger partial charge >= 0.3 is 0 Å². The first-order valence-electron chi connectivity index (χ1n) is 10.1. The summed E-state index contributed by atoms with van der Waals surface area (Å²) in [7, 11) is 0. The van der Waals surface area contributed by atoms with Gasteiger partial charge in [-0.25, -0.2) is 9.97 Å². The highest BCUT2D eigenvalue weighted by Crippen LogP contribution is 2.28. The SMILES string of the molecule is Cc1ccncc1-c1cc2cc(NC(=O)/C=C/C(=O)NCc3cccnc3)ncc2c(N)n1. The summed E-state index contributed by atoms with van der Waals surface area (Å²) in [5, 5.41) is 6.78. The van der Waals surface area contributed by atoms with E-state index in [1.165, 1.54) is 0 Å². The molecule has 4 aromatic heterocycles. The highest BCUT2D eigenvalue weighted by molar-refractivity contribution is 6.04. The van der Waals surface area contributed by atoms with Crippen LogP contribution in [0.15, 0.2) is 73.5 Å². The number of nitrogens with two attached hydrogens (primary N) is 1. The van der Waals surface area contributed by atoms with Gasteiger partial charge in [0, 0.05) is 60.6 Å².